The third-order valence-corrected chi connectivity index (χ3v) is 4.88. The Bertz CT molecular complexity index is 855. The topological polar surface area (TPSA) is 85.6 Å². The summed E-state index contributed by atoms with van der Waals surface area (Å²) in [5.74, 6) is 0.858. The summed E-state index contributed by atoms with van der Waals surface area (Å²) >= 11 is 2.68. The molecule has 0 saturated carbocycles. The summed E-state index contributed by atoms with van der Waals surface area (Å²) < 4.78 is 1.94. The second-order valence-electron chi connectivity index (χ2n) is 5.16. The lowest BCUT2D eigenvalue weighted by Crippen LogP contribution is -2.14. The Kier molecular flexibility index (Phi) is 4.91. The number of aromatic nitrogens is 5. The molecule has 24 heavy (non-hydrogen) atoms. The normalized spacial score (nSPS) is 10.8. The van der Waals surface area contributed by atoms with E-state index in [1.807, 2.05) is 49.6 Å². The molecule has 0 spiro atoms. The summed E-state index contributed by atoms with van der Waals surface area (Å²) in [6.45, 7) is 5.77. The monoisotopic (exact) mass is 360 g/mol. The lowest BCUT2D eigenvalue weighted by molar-refractivity contribution is -0.113. The Morgan fingerprint density at radius 1 is 1.12 bits per heavy atom. The van der Waals surface area contributed by atoms with Crippen molar-refractivity contribution in [1.29, 1.82) is 0 Å². The van der Waals surface area contributed by atoms with Crippen molar-refractivity contribution in [3.63, 3.8) is 0 Å². The van der Waals surface area contributed by atoms with E-state index in [4.69, 9.17) is 0 Å². The highest BCUT2D eigenvalue weighted by molar-refractivity contribution is 7.99. The highest BCUT2D eigenvalue weighted by Crippen LogP contribution is 2.22. The van der Waals surface area contributed by atoms with Gasteiger partial charge in [0.2, 0.25) is 11.0 Å². The van der Waals surface area contributed by atoms with Gasteiger partial charge in [0.05, 0.1) is 5.75 Å². The van der Waals surface area contributed by atoms with Crippen LogP contribution in [-0.2, 0) is 4.79 Å². The van der Waals surface area contributed by atoms with Crippen LogP contribution in [0.25, 0.3) is 5.69 Å². The third kappa shape index (κ3) is 3.80. The number of aryl methyl sites for hydroxylation is 3. The molecule has 0 unspecified atom stereocenters. The second kappa shape index (κ2) is 7.10. The van der Waals surface area contributed by atoms with Crippen LogP contribution in [-0.4, -0.2) is 36.6 Å². The van der Waals surface area contributed by atoms with Gasteiger partial charge < -0.3 is 0 Å². The Labute approximate surface area is 147 Å². The summed E-state index contributed by atoms with van der Waals surface area (Å²) in [5, 5.41) is 20.8. The van der Waals surface area contributed by atoms with E-state index >= 15 is 0 Å². The van der Waals surface area contributed by atoms with E-state index in [1.165, 1.54) is 28.7 Å². The number of carbonyl (C=O) groups excluding carboxylic acids is 1. The molecule has 7 nitrogen and oxygen atoms in total. The van der Waals surface area contributed by atoms with Crippen molar-refractivity contribution >= 4 is 34.1 Å². The van der Waals surface area contributed by atoms with Crippen LogP contribution in [0.1, 0.15) is 16.4 Å². The zero-order valence-electron chi connectivity index (χ0n) is 13.5. The van der Waals surface area contributed by atoms with E-state index in [1.54, 1.807) is 0 Å². The molecule has 0 atom stereocenters. The maximum atomic E-state index is 12.0. The van der Waals surface area contributed by atoms with Crippen LogP contribution in [0.5, 0.6) is 0 Å². The molecule has 2 aromatic heterocycles. The molecule has 1 N–H and O–H groups in total. The van der Waals surface area contributed by atoms with Gasteiger partial charge >= 0.3 is 0 Å². The predicted octanol–water partition coefficient (Wildman–Crippen LogP) is 2.77. The lowest BCUT2D eigenvalue weighted by Gasteiger charge is -2.08. The number of nitrogens with zero attached hydrogens (tertiary/aromatic N) is 5. The molecule has 124 valence electrons. The third-order valence-electron chi connectivity index (χ3n) is 3.19. The molecule has 0 aliphatic rings. The van der Waals surface area contributed by atoms with Gasteiger partial charge in [-0.3, -0.25) is 14.7 Å². The summed E-state index contributed by atoms with van der Waals surface area (Å²) in [7, 11) is 0. The highest BCUT2D eigenvalue weighted by Gasteiger charge is 2.14. The maximum Gasteiger partial charge on any atom is 0.236 e. The Hall–Kier alpha value is -2.26. The first kappa shape index (κ1) is 16.6. The smallest absolute Gasteiger partial charge is 0.236 e. The Balaban J connectivity index is 1.69. The second-order valence-corrected chi connectivity index (χ2v) is 7.29. The predicted molar refractivity (Wildman–Crippen MR) is 94.8 cm³/mol. The fourth-order valence-electron chi connectivity index (χ4n) is 2.06. The fourth-order valence-corrected chi connectivity index (χ4v) is 3.47. The first-order valence-electron chi connectivity index (χ1n) is 7.25. The average molecular weight is 360 g/mol. The van der Waals surface area contributed by atoms with Crippen molar-refractivity contribution in [2.45, 2.75) is 25.9 Å². The zero-order valence-corrected chi connectivity index (χ0v) is 15.1. The molecule has 0 fully saturated rings. The lowest BCUT2D eigenvalue weighted by atomic mass is 10.2. The van der Waals surface area contributed by atoms with Crippen LogP contribution in [0.3, 0.4) is 0 Å². The van der Waals surface area contributed by atoms with Crippen LogP contribution < -0.4 is 5.32 Å². The molecule has 1 aromatic carbocycles. The van der Waals surface area contributed by atoms with E-state index in [0.717, 1.165) is 16.5 Å². The number of hydrogen-bond donors (Lipinski definition) is 1. The Morgan fingerprint density at radius 3 is 2.54 bits per heavy atom. The van der Waals surface area contributed by atoms with E-state index in [-0.39, 0.29) is 11.7 Å². The van der Waals surface area contributed by atoms with Gasteiger partial charge in [-0.15, -0.1) is 20.4 Å². The van der Waals surface area contributed by atoms with Gasteiger partial charge in [0.1, 0.15) is 10.8 Å². The number of hydrogen-bond acceptors (Lipinski definition) is 7. The Morgan fingerprint density at radius 2 is 1.88 bits per heavy atom. The minimum atomic E-state index is -0.146. The number of nitrogens with one attached hydrogen (secondary N) is 1. The summed E-state index contributed by atoms with van der Waals surface area (Å²) in [4.78, 5) is 12.0. The van der Waals surface area contributed by atoms with Gasteiger partial charge in [0.25, 0.3) is 0 Å². The molecule has 0 aliphatic heterocycles. The van der Waals surface area contributed by atoms with Crippen LogP contribution in [0.2, 0.25) is 0 Å². The van der Waals surface area contributed by atoms with E-state index in [2.05, 4.69) is 25.7 Å². The molecule has 1 amide bonds. The fraction of sp³-hybridized carbons (Fsp3) is 0.267. The van der Waals surface area contributed by atoms with Crippen LogP contribution >= 0.6 is 23.1 Å². The van der Waals surface area contributed by atoms with Crippen LogP contribution in [0.4, 0.5) is 5.13 Å². The van der Waals surface area contributed by atoms with Gasteiger partial charge in [0.15, 0.2) is 5.16 Å². The summed E-state index contributed by atoms with van der Waals surface area (Å²) in [6.07, 6.45) is 0. The van der Waals surface area contributed by atoms with E-state index in [9.17, 15) is 4.79 Å². The minimum Gasteiger partial charge on any atom is -0.300 e. The highest BCUT2D eigenvalue weighted by atomic mass is 32.2. The van der Waals surface area contributed by atoms with Gasteiger partial charge in [-0.2, -0.15) is 0 Å². The molecule has 2 heterocycles. The van der Waals surface area contributed by atoms with Gasteiger partial charge in [-0.25, -0.2) is 0 Å². The largest absolute Gasteiger partial charge is 0.300 e. The van der Waals surface area contributed by atoms with E-state index < -0.39 is 0 Å². The number of amides is 1. The number of thioether (sulfide) groups is 1. The quantitative estimate of drug-likeness (QED) is 0.704. The van der Waals surface area contributed by atoms with Crippen molar-refractivity contribution < 1.29 is 4.79 Å². The molecular weight excluding hydrogens is 344 g/mol. The standard InChI is InChI=1S/C15H16N6OS2/c1-9-4-6-12(7-5-9)21-10(2)17-20-15(21)23-8-13(22)16-14-19-18-11(3)24-14/h4-7H,8H2,1-3H3,(H,16,19,22). The molecule has 3 aromatic rings. The average Bonchev–Trinajstić information content (AvgIpc) is 3.12. The number of anilines is 1. The first-order valence-corrected chi connectivity index (χ1v) is 9.05. The molecule has 0 aliphatic carbocycles. The van der Waals surface area contributed by atoms with Crippen LogP contribution in [0, 0.1) is 20.8 Å². The molecule has 0 bridgehead atoms. The number of carbonyl (C=O) groups is 1. The first-order chi connectivity index (χ1) is 11.5. The molecule has 0 radical (unpaired) electrons. The van der Waals surface area contributed by atoms with E-state index in [0.29, 0.717) is 10.3 Å². The van der Waals surface area contributed by atoms with Crippen molar-refractivity contribution in [3.8, 4) is 5.69 Å². The molecule has 3 rings (SSSR count). The summed E-state index contributed by atoms with van der Waals surface area (Å²) in [6, 6.07) is 8.10. The van der Waals surface area contributed by atoms with Gasteiger partial charge in [-0.05, 0) is 32.9 Å². The maximum absolute atomic E-state index is 12.0. The van der Waals surface area contributed by atoms with Gasteiger partial charge in [0, 0.05) is 5.69 Å². The number of rotatable bonds is 5. The van der Waals surface area contributed by atoms with Crippen molar-refractivity contribution in [2.75, 3.05) is 11.1 Å². The zero-order chi connectivity index (χ0) is 17.1. The summed E-state index contributed by atoms with van der Waals surface area (Å²) in [5.41, 5.74) is 2.16. The molecule has 9 heteroatoms. The van der Waals surface area contributed by atoms with Crippen molar-refractivity contribution in [2.24, 2.45) is 0 Å². The molecular formula is C15H16N6OS2. The minimum absolute atomic E-state index is 0.146. The van der Waals surface area contributed by atoms with Crippen molar-refractivity contribution in [3.05, 3.63) is 40.7 Å². The van der Waals surface area contributed by atoms with Crippen molar-refractivity contribution in [1.82, 2.24) is 25.0 Å². The SMILES string of the molecule is Cc1ccc(-n2c(C)nnc2SCC(=O)Nc2nnc(C)s2)cc1. The van der Waals surface area contributed by atoms with Gasteiger partial charge in [-0.1, -0.05) is 40.8 Å². The number of benzene rings is 1. The molecule has 0 saturated heterocycles. The van der Waals surface area contributed by atoms with Crippen LogP contribution in [0.15, 0.2) is 29.4 Å².